The minimum atomic E-state index is -4.63. The van der Waals surface area contributed by atoms with Gasteiger partial charge in [-0.2, -0.15) is 31.4 Å². The molecule has 0 N–H and O–H groups in total. The third kappa shape index (κ3) is 1.79. The van der Waals surface area contributed by atoms with E-state index in [1.54, 1.807) is 0 Å². The minimum Gasteiger partial charge on any atom is -0.231 e. The molecule has 0 amide bonds. The molecule has 3 nitrogen and oxygen atoms in total. The van der Waals surface area contributed by atoms with Gasteiger partial charge in [0.2, 0.25) is 0 Å². The van der Waals surface area contributed by atoms with Crippen molar-refractivity contribution in [3.8, 4) is 0 Å². The predicted octanol–water partition coefficient (Wildman–Crippen LogP) is 3.92. The van der Waals surface area contributed by atoms with Crippen molar-refractivity contribution in [3.05, 3.63) is 29.7 Å². The van der Waals surface area contributed by atoms with Crippen LogP contribution in [0.3, 0.4) is 0 Å². The molecule has 2 heterocycles. The predicted molar refractivity (Wildman–Crippen MR) is 66.9 cm³/mol. The van der Waals surface area contributed by atoms with Crippen LogP contribution in [0.5, 0.6) is 0 Å². The van der Waals surface area contributed by atoms with Gasteiger partial charge in [0.05, 0.1) is 11.4 Å². The summed E-state index contributed by atoms with van der Waals surface area (Å²) in [6, 6.07) is 2.81. The monoisotopic (exact) mass is 335 g/mol. The second-order valence-corrected chi connectivity index (χ2v) is 6.26. The van der Waals surface area contributed by atoms with Gasteiger partial charge in [-0.1, -0.05) is 0 Å². The van der Waals surface area contributed by atoms with Crippen molar-refractivity contribution in [2.75, 3.05) is 0 Å². The maximum atomic E-state index is 13.5. The zero-order valence-electron chi connectivity index (χ0n) is 11.7. The summed E-state index contributed by atoms with van der Waals surface area (Å²) in [5.41, 5.74) is -5.45. The number of aromatic nitrogens is 3. The number of rotatable bonds is 2. The average Bonchev–Trinajstić information content (AvgIpc) is 3.32. The van der Waals surface area contributed by atoms with Crippen LogP contribution in [0, 0.1) is 0 Å². The molecule has 2 aliphatic rings. The average molecular weight is 335 g/mol. The summed E-state index contributed by atoms with van der Waals surface area (Å²) in [4.78, 5) is 3.91. The molecule has 0 aliphatic heterocycles. The first kappa shape index (κ1) is 14.8. The van der Waals surface area contributed by atoms with Crippen molar-refractivity contribution in [2.45, 2.75) is 48.9 Å². The zero-order valence-corrected chi connectivity index (χ0v) is 11.7. The lowest BCUT2D eigenvalue weighted by Crippen LogP contribution is -2.36. The van der Waals surface area contributed by atoms with Crippen LogP contribution in [0.2, 0.25) is 0 Å². The lowest BCUT2D eigenvalue weighted by molar-refractivity contribution is -0.169. The fourth-order valence-electron chi connectivity index (χ4n) is 3.21. The number of fused-ring (bicyclic) bond motifs is 1. The number of imidazole rings is 1. The highest BCUT2D eigenvalue weighted by molar-refractivity contribution is 5.51. The number of halogens is 6. The van der Waals surface area contributed by atoms with Gasteiger partial charge in [0.25, 0.3) is 0 Å². The largest absolute Gasteiger partial charge is 0.400 e. The smallest absolute Gasteiger partial charge is 0.231 e. The Kier molecular flexibility index (Phi) is 2.56. The first-order chi connectivity index (χ1) is 10.6. The Morgan fingerprint density at radius 1 is 0.913 bits per heavy atom. The van der Waals surface area contributed by atoms with Crippen molar-refractivity contribution in [3.63, 3.8) is 0 Å². The molecule has 9 heteroatoms. The standard InChI is InChI=1S/C14H11F6N3/c15-13(16,17)11(3-4-11)9-10(12(5-6-12)14(18,19)20)23-8(22-9)2-1-7-21-23/h1-2,7H,3-6H2. The fourth-order valence-corrected chi connectivity index (χ4v) is 3.21. The van der Waals surface area contributed by atoms with Crippen molar-refractivity contribution >= 4 is 5.65 Å². The molecule has 0 spiro atoms. The quantitative estimate of drug-likeness (QED) is 0.779. The van der Waals surface area contributed by atoms with E-state index in [0.717, 1.165) is 4.52 Å². The van der Waals surface area contributed by atoms with Crippen LogP contribution in [0.15, 0.2) is 18.3 Å². The van der Waals surface area contributed by atoms with E-state index in [-0.39, 0.29) is 31.3 Å². The highest BCUT2D eigenvalue weighted by Gasteiger charge is 2.72. The molecule has 2 fully saturated rings. The second kappa shape index (κ2) is 3.99. The van der Waals surface area contributed by atoms with Crippen molar-refractivity contribution < 1.29 is 26.3 Å². The third-order valence-corrected chi connectivity index (χ3v) is 4.88. The van der Waals surface area contributed by atoms with Crippen molar-refractivity contribution in [1.82, 2.24) is 14.6 Å². The van der Waals surface area contributed by atoms with E-state index in [9.17, 15) is 26.3 Å². The van der Waals surface area contributed by atoms with E-state index in [1.807, 2.05) is 0 Å². The van der Waals surface area contributed by atoms with Gasteiger partial charge in [-0.3, -0.25) is 0 Å². The summed E-state index contributed by atoms with van der Waals surface area (Å²) in [5, 5.41) is 3.83. The number of hydrogen-bond donors (Lipinski definition) is 0. The highest BCUT2D eigenvalue weighted by Crippen LogP contribution is 2.65. The molecule has 2 aromatic heterocycles. The lowest BCUT2D eigenvalue weighted by Gasteiger charge is -2.24. The maximum Gasteiger partial charge on any atom is 0.400 e. The molecule has 0 atom stereocenters. The summed E-state index contributed by atoms with van der Waals surface area (Å²) >= 11 is 0. The minimum absolute atomic E-state index is 0.0172. The van der Waals surface area contributed by atoms with Gasteiger partial charge in [-0.25, -0.2) is 9.50 Å². The summed E-state index contributed by atoms with van der Waals surface area (Å²) in [7, 11) is 0. The van der Waals surface area contributed by atoms with Gasteiger partial charge in [0.15, 0.2) is 5.65 Å². The first-order valence-electron chi connectivity index (χ1n) is 7.11. The van der Waals surface area contributed by atoms with Crippen LogP contribution in [0.1, 0.15) is 37.1 Å². The molecule has 124 valence electrons. The third-order valence-electron chi connectivity index (χ3n) is 4.88. The van der Waals surface area contributed by atoms with E-state index in [1.165, 1.54) is 18.3 Å². The summed E-state index contributed by atoms with van der Waals surface area (Å²) in [6.07, 6.45) is -8.94. The Morgan fingerprint density at radius 3 is 1.96 bits per heavy atom. The maximum absolute atomic E-state index is 13.5. The number of alkyl halides is 6. The molecular weight excluding hydrogens is 324 g/mol. The Labute approximate surface area is 126 Å². The van der Waals surface area contributed by atoms with Gasteiger partial charge in [-0.15, -0.1) is 0 Å². The van der Waals surface area contributed by atoms with E-state index in [4.69, 9.17) is 0 Å². The van der Waals surface area contributed by atoms with Gasteiger partial charge < -0.3 is 0 Å². The Bertz CT molecular complexity index is 780. The van der Waals surface area contributed by atoms with E-state index in [2.05, 4.69) is 10.1 Å². The Morgan fingerprint density at radius 2 is 1.48 bits per heavy atom. The van der Waals surface area contributed by atoms with E-state index in [0.29, 0.717) is 0 Å². The summed E-state index contributed by atoms with van der Waals surface area (Å²) < 4.78 is 81.8. The fraction of sp³-hybridized carbons (Fsp3) is 0.571. The molecule has 0 bridgehead atoms. The summed E-state index contributed by atoms with van der Waals surface area (Å²) in [6.45, 7) is 0. The zero-order chi connectivity index (χ0) is 16.7. The van der Waals surface area contributed by atoms with E-state index < -0.39 is 34.6 Å². The molecule has 4 rings (SSSR count). The van der Waals surface area contributed by atoms with Crippen LogP contribution in [0.4, 0.5) is 26.3 Å². The van der Waals surface area contributed by atoms with Crippen LogP contribution >= 0.6 is 0 Å². The Balaban J connectivity index is 2.02. The van der Waals surface area contributed by atoms with Gasteiger partial charge in [0, 0.05) is 6.20 Å². The molecule has 0 saturated heterocycles. The molecule has 23 heavy (non-hydrogen) atoms. The molecule has 0 radical (unpaired) electrons. The molecule has 2 aliphatic carbocycles. The molecule has 2 saturated carbocycles. The Hall–Kier alpha value is -1.80. The highest BCUT2D eigenvalue weighted by atomic mass is 19.4. The normalized spacial score (nSPS) is 22.3. The van der Waals surface area contributed by atoms with Gasteiger partial charge in [-0.05, 0) is 37.8 Å². The molecule has 2 aromatic rings. The van der Waals surface area contributed by atoms with Crippen LogP contribution in [-0.2, 0) is 10.8 Å². The SMILES string of the molecule is FC(F)(F)C1(c2nc3cccnn3c2C2(C(F)(F)F)CC2)CC1. The number of hydrogen-bond acceptors (Lipinski definition) is 2. The molecular formula is C14H11F6N3. The molecule has 0 aromatic carbocycles. The summed E-state index contributed by atoms with van der Waals surface area (Å²) in [5.74, 6) is 0. The van der Waals surface area contributed by atoms with Crippen molar-refractivity contribution in [2.24, 2.45) is 0 Å². The van der Waals surface area contributed by atoms with Gasteiger partial charge >= 0.3 is 12.4 Å². The van der Waals surface area contributed by atoms with Crippen molar-refractivity contribution in [1.29, 1.82) is 0 Å². The van der Waals surface area contributed by atoms with Crippen LogP contribution in [-0.4, -0.2) is 27.0 Å². The number of nitrogens with zero attached hydrogens (tertiary/aromatic N) is 3. The van der Waals surface area contributed by atoms with E-state index >= 15 is 0 Å². The van der Waals surface area contributed by atoms with Crippen LogP contribution < -0.4 is 0 Å². The van der Waals surface area contributed by atoms with Crippen LogP contribution in [0.25, 0.3) is 5.65 Å². The molecule has 0 unspecified atom stereocenters. The van der Waals surface area contributed by atoms with Gasteiger partial charge in [0.1, 0.15) is 10.8 Å². The first-order valence-corrected chi connectivity index (χ1v) is 7.11. The topological polar surface area (TPSA) is 30.2 Å². The lowest BCUT2D eigenvalue weighted by atomic mass is 9.91. The second-order valence-electron chi connectivity index (χ2n) is 6.26.